The third kappa shape index (κ3) is 4.50. The van der Waals surface area contributed by atoms with Gasteiger partial charge in [0.2, 0.25) is 0 Å². The van der Waals surface area contributed by atoms with Crippen molar-refractivity contribution >= 4 is 21.5 Å². The molecule has 0 amide bonds. The number of piperidine rings is 1. The van der Waals surface area contributed by atoms with Gasteiger partial charge in [-0.2, -0.15) is 12.7 Å². The van der Waals surface area contributed by atoms with Gasteiger partial charge in [-0.05, 0) is 43.3 Å². The van der Waals surface area contributed by atoms with Crippen molar-refractivity contribution in [2.75, 3.05) is 33.7 Å². The Balaban J connectivity index is 2.07. The quantitative estimate of drug-likeness (QED) is 0.866. The molecule has 1 unspecified atom stereocenters. The standard InChI is InChI=1S/C14H25N3O2S2/c1-12-6-8-17(9-7-12)13(14-5-4-10-20-14)11-15-21(18,19)16(2)3/h4-5,10,12-13,15H,6-9,11H2,1-3H3. The second-order valence-electron chi connectivity index (χ2n) is 5.89. The molecule has 2 heterocycles. The Kier molecular flexibility index (Phi) is 5.79. The molecular weight excluding hydrogens is 306 g/mol. The monoisotopic (exact) mass is 331 g/mol. The molecule has 1 aliphatic rings. The van der Waals surface area contributed by atoms with Crippen LogP contribution in [0.2, 0.25) is 0 Å². The minimum absolute atomic E-state index is 0.132. The Labute approximate surface area is 132 Å². The molecule has 1 aliphatic heterocycles. The van der Waals surface area contributed by atoms with E-state index in [-0.39, 0.29) is 6.04 Å². The molecule has 1 aromatic heterocycles. The second-order valence-corrected chi connectivity index (χ2v) is 8.83. The van der Waals surface area contributed by atoms with Crippen LogP contribution in [0, 0.1) is 5.92 Å². The first-order valence-electron chi connectivity index (χ1n) is 7.34. The highest BCUT2D eigenvalue weighted by molar-refractivity contribution is 7.87. The highest BCUT2D eigenvalue weighted by Gasteiger charge is 2.27. The molecule has 0 saturated carbocycles. The molecule has 1 fully saturated rings. The first kappa shape index (κ1) is 16.9. The van der Waals surface area contributed by atoms with E-state index in [0.717, 1.165) is 19.0 Å². The van der Waals surface area contributed by atoms with Crippen LogP contribution in [0.3, 0.4) is 0 Å². The lowest BCUT2D eigenvalue weighted by Gasteiger charge is -2.36. The predicted molar refractivity (Wildman–Crippen MR) is 87.6 cm³/mol. The van der Waals surface area contributed by atoms with Crippen molar-refractivity contribution in [2.45, 2.75) is 25.8 Å². The normalized spacial score (nSPS) is 20.0. The fourth-order valence-corrected chi connectivity index (χ4v) is 4.03. The average molecular weight is 332 g/mol. The van der Waals surface area contributed by atoms with Crippen LogP contribution in [0.1, 0.15) is 30.7 Å². The molecule has 0 radical (unpaired) electrons. The van der Waals surface area contributed by atoms with Crippen LogP contribution in [0.5, 0.6) is 0 Å². The highest BCUT2D eigenvalue weighted by Crippen LogP contribution is 2.29. The van der Waals surface area contributed by atoms with E-state index in [2.05, 4.69) is 28.0 Å². The van der Waals surface area contributed by atoms with E-state index in [1.807, 2.05) is 6.07 Å². The van der Waals surface area contributed by atoms with Gasteiger partial charge in [0.25, 0.3) is 10.2 Å². The maximum Gasteiger partial charge on any atom is 0.278 e. The molecule has 1 saturated heterocycles. The van der Waals surface area contributed by atoms with E-state index in [4.69, 9.17) is 0 Å². The van der Waals surface area contributed by atoms with Crippen molar-refractivity contribution in [3.05, 3.63) is 22.4 Å². The van der Waals surface area contributed by atoms with E-state index in [9.17, 15) is 8.42 Å². The van der Waals surface area contributed by atoms with Gasteiger partial charge in [-0.25, -0.2) is 4.72 Å². The molecule has 1 atom stereocenters. The third-order valence-electron chi connectivity index (χ3n) is 4.07. The molecule has 0 bridgehead atoms. The summed E-state index contributed by atoms with van der Waals surface area (Å²) in [5.41, 5.74) is 0. The van der Waals surface area contributed by atoms with Gasteiger partial charge in [0.15, 0.2) is 0 Å². The SMILES string of the molecule is CC1CCN(C(CNS(=O)(=O)N(C)C)c2cccs2)CC1. The molecule has 0 spiro atoms. The van der Waals surface area contributed by atoms with E-state index < -0.39 is 10.2 Å². The fraction of sp³-hybridized carbons (Fsp3) is 0.714. The number of nitrogens with zero attached hydrogens (tertiary/aromatic N) is 2. The van der Waals surface area contributed by atoms with Crippen molar-refractivity contribution < 1.29 is 8.42 Å². The number of likely N-dealkylation sites (tertiary alicyclic amines) is 1. The lowest BCUT2D eigenvalue weighted by atomic mass is 9.97. The summed E-state index contributed by atoms with van der Waals surface area (Å²) in [6.45, 7) is 4.78. The second kappa shape index (κ2) is 7.19. The summed E-state index contributed by atoms with van der Waals surface area (Å²) in [4.78, 5) is 3.63. The number of thiophene rings is 1. The third-order valence-corrected chi connectivity index (χ3v) is 6.54. The summed E-state index contributed by atoms with van der Waals surface area (Å²) in [6, 6.07) is 4.25. The molecule has 21 heavy (non-hydrogen) atoms. The summed E-state index contributed by atoms with van der Waals surface area (Å²) in [6.07, 6.45) is 2.37. The van der Waals surface area contributed by atoms with Crippen LogP contribution in [0.25, 0.3) is 0 Å². The molecule has 1 aromatic rings. The van der Waals surface area contributed by atoms with Crippen LogP contribution < -0.4 is 4.72 Å². The maximum atomic E-state index is 11.9. The predicted octanol–water partition coefficient (Wildman–Crippen LogP) is 1.92. The van der Waals surface area contributed by atoms with Gasteiger partial charge in [-0.3, -0.25) is 4.90 Å². The number of hydrogen-bond acceptors (Lipinski definition) is 4. The smallest absolute Gasteiger partial charge is 0.278 e. The summed E-state index contributed by atoms with van der Waals surface area (Å²) < 4.78 is 27.8. The van der Waals surface area contributed by atoms with Crippen molar-refractivity contribution in [1.82, 2.24) is 13.9 Å². The first-order valence-corrected chi connectivity index (χ1v) is 9.66. The Morgan fingerprint density at radius 1 is 1.43 bits per heavy atom. The average Bonchev–Trinajstić information content (AvgIpc) is 2.94. The van der Waals surface area contributed by atoms with Gasteiger partial charge in [-0.15, -0.1) is 11.3 Å². The molecule has 0 aromatic carbocycles. The minimum Gasteiger partial charge on any atom is -0.294 e. The van der Waals surface area contributed by atoms with Crippen LogP contribution in [-0.4, -0.2) is 51.4 Å². The van der Waals surface area contributed by atoms with Gasteiger partial charge in [0, 0.05) is 25.5 Å². The number of nitrogens with one attached hydrogen (secondary N) is 1. The van der Waals surface area contributed by atoms with Gasteiger partial charge >= 0.3 is 0 Å². The van der Waals surface area contributed by atoms with Crippen LogP contribution in [-0.2, 0) is 10.2 Å². The van der Waals surface area contributed by atoms with Crippen molar-refractivity contribution in [1.29, 1.82) is 0 Å². The molecule has 1 N–H and O–H groups in total. The Morgan fingerprint density at radius 2 is 2.10 bits per heavy atom. The molecule has 120 valence electrons. The Morgan fingerprint density at radius 3 is 2.62 bits per heavy atom. The van der Waals surface area contributed by atoms with Crippen molar-refractivity contribution in [2.24, 2.45) is 5.92 Å². The van der Waals surface area contributed by atoms with Crippen LogP contribution in [0.15, 0.2) is 17.5 Å². The lowest BCUT2D eigenvalue weighted by Crippen LogP contribution is -2.44. The van der Waals surface area contributed by atoms with E-state index >= 15 is 0 Å². The maximum absolute atomic E-state index is 11.9. The topological polar surface area (TPSA) is 52.7 Å². The number of hydrogen-bond donors (Lipinski definition) is 1. The Bertz CT molecular complexity index is 520. The summed E-state index contributed by atoms with van der Waals surface area (Å²) in [7, 11) is -0.279. The van der Waals surface area contributed by atoms with Crippen molar-refractivity contribution in [3.63, 3.8) is 0 Å². The first-order chi connectivity index (χ1) is 9.90. The zero-order valence-electron chi connectivity index (χ0n) is 12.9. The fourth-order valence-electron chi connectivity index (χ4n) is 2.54. The Hall–Kier alpha value is -0.470. The molecule has 7 heteroatoms. The molecule has 0 aliphatic carbocycles. The van der Waals surface area contributed by atoms with E-state index in [1.54, 1.807) is 25.4 Å². The van der Waals surface area contributed by atoms with Crippen LogP contribution in [0.4, 0.5) is 0 Å². The van der Waals surface area contributed by atoms with E-state index in [0.29, 0.717) is 6.54 Å². The summed E-state index contributed by atoms with van der Waals surface area (Å²) >= 11 is 1.69. The summed E-state index contributed by atoms with van der Waals surface area (Å²) in [5, 5.41) is 2.05. The van der Waals surface area contributed by atoms with E-state index in [1.165, 1.54) is 22.0 Å². The zero-order chi connectivity index (χ0) is 15.5. The largest absolute Gasteiger partial charge is 0.294 e. The van der Waals surface area contributed by atoms with Gasteiger partial charge in [-0.1, -0.05) is 13.0 Å². The highest BCUT2D eigenvalue weighted by atomic mass is 32.2. The van der Waals surface area contributed by atoms with Gasteiger partial charge in [0.05, 0.1) is 6.04 Å². The van der Waals surface area contributed by atoms with Gasteiger partial charge in [0.1, 0.15) is 0 Å². The zero-order valence-corrected chi connectivity index (χ0v) is 14.6. The summed E-state index contributed by atoms with van der Waals surface area (Å²) in [5.74, 6) is 0.767. The minimum atomic E-state index is -3.37. The number of rotatable bonds is 6. The lowest BCUT2D eigenvalue weighted by molar-refractivity contribution is 0.140. The van der Waals surface area contributed by atoms with Crippen molar-refractivity contribution in [3.8, 4) is 0 Å². The molecular formula is C14H25N3O2S2. The molecule has 5 nitrogen and oxygen atoms in total. The van der Waals surface area contributed by atoms with Crippen LogP contribution >= 0.6 is 11.3 Å². The molecule has 2 rings (SSSR count). The van der Waals surface area contributed by atoms with Gasteiger partial charge < -0.3 is 0 Å².